The molecule has 3 heterocycles. The van der Waals surface area contributed by atoms with Crippen molar-refractivity contribution in [3.63, 3.8) is 0 Å². The molecule has 20 heavy (non-hydrogen) atoms. The fourth-order valence-corrected chi connectivity index (χ4v) is 2.75. The second kappa shape index (κ2) is 5.80. The minimum absolute atomic E-state index is 0.213. The van der Waals surface area contributed by atoms with E-state index in [2.05, 4.69) is 31.7 Å². The minimum atomic E-state index is -0.213. The first-order chi connectivity index (χ1) is 9.74. The fourth-order valence-electron chi connectivity index (χ4n) is 2.33. The quantitative estimate of drug-likeness (QED) is 0.901. The van der Waals surface area contributed by atoms with Crippen LogP contribution < -0.4 is 10.6 Å². The van der Waals surface area contributed by atoms with Crippen LogP contribution in [0.5, 0.6) is 0 Å². The minimum Gasteiger partial charge on any atom is -0.457 e. The zero-order chi connectivity index (χ0) is 13.9. The van der Waals surface area contributed by atoms with Gasteiger partial charge in [0.1, 0.15) is 0 Å². The third kappa shape index (κ3) is 2.78. The van der Waals surface area contributed by atoms with Gasteiger partial charge in [-0.3, -0.25) is 9.48 Å². The molecule has 0 aromatic carbocycles. The van der Waals surface area contributed by atoms with Gasteiger partial charge in [-0.1, -0.05) is 0 Å². The number of nitrogens with one attached hydrogen (secondary N) is 2. The normalized spacial score (nSPS) is 16.2. The van der Waals surface area contributed by atoms with E-state index < -0.39 is 0 Å². The largest absolute Gasteiger partial charge is 0.457 e. The van der Waals surface area contributed by atoms with Crippen LogP contribution in [0.25, 0.3) is 0 Å². The Balaban J connectivity index is 1.68. The lowest BCUT2D eigenvalue weighted by Gasteiger charge is -2.22. The topological polar surface area (TPSA) is 72.1 Å². The highest BCUT2D eigenvalue weighted by molar-refractivity contribution is 9.10. The SMILES string of the molecule is O=C(Nc1cnn(C2CCNCC2)c1)c1ccoc1Br. The first-order valence-electron chi connectivity index (χ1n) is 6.53. The smallest absolute Gasteiger partial charge is 0.260 e. The van der Waals surface area contributed by atoms with Gasteiger partial charge in [0.15, 0.2) is 4.67 Å². The van der Waals surface area contributed by atoms with Gasteiger partial charge >= 0.3 is 0 Å². The molecule has 6 nitrogen and oxygen atoms in total. The summed E-state index contributed by atoms with van der Waals surface area (Å²) in [6.45, 7) is 2.02. The number of piperidine rings is 1. The third-order valence-electron chi connectivity index (χ3n) is 3.40. The van der Waals surface area contributed by atoms with Crippen LogP contribution in [0.2, 0.25) is 0 Å². The highest BCUT2D eigenvalue weighted by Crippen LogP contribution is 2.21. The number of anilines is 1. The predicted octanol–water partition coefficient (Wildman–Crippen LogP) is 2.42. The van der Waals surface area contributed by atoms with Crippen molar-refractivity contribution in [2.75, 3.05) is 18.4 Å². The van der Waals surface area contributed by atoms with Crippen molar-refractivity contribution < 1.29 is 9.21 Å². The summed E-state index contributed by atoms with van der Waals surface area (Å²) < 4.78 is 7.41. The predicted molar refractivity (Wildman–Crippen MR) is 77.7 cm³/mol. The molecule has 106 valence electrons. The van der Waals surface area contributed by atoms with Crippen molar-refractivity contribution in [1.82, 2.24) is 15.1 Å². The number of halogens is 1. The Morgan fingerprint density at radius 2 is 2.30 bits per heavy atom. The molecule has 1 aliphatic rings. The zero-order valence-corrected chi connectivity index (χ0v) is 12.4. The van der Waals surface area contributed by atoms with Crippen LogP contribution in [0, 0.1) is 0 Å². The second-order valence-corrected chi connectivity index (χ2v) is 5.47. The molecule has 0 saturated carbocycles. The van der Waals surface area contributed by atoms with E-state index in [4.69, 9.17) is 4.42 Å². The lowest BCUT2D eigenvalue weighted by atomic mass is 10.1. The number of amides is 1. The van der Waals surface area contributed by atoms with Gasteiger partial charge in [0.05, 0.1) is 29.8 Å². The summed E-state index contributed by atoms with van der Waals surface area (Å²) in [6, 6.07) is 2.03. The molecule has 1 saturated heterocycles. The molecule has 0 radical (unpaired) electrons. The Morgan fingerprint density at radius 1 is 1.50 bits per heavy atom. The molecule has 1 aliphatic heterocycles. The molecule has 2 aromatic rings. The maximum absolute atomic E-state index is 12.0. The number of aromatic nitrogens is 2. The molecule has 1 fully saturated rings. The summed E-state index contributed by atoms with van der Waals surface area (Å²) in [7, 11) is 0. The highest BCUT2D eigenvalue weighted by atomic mass is 79.9. The standard InChI is InChI=1S/C13H15BrN4O2/c14-12-11(3-6-20-12)13(19)17-9-7-16-18(8-9)10-1-4-15-5-2-10/h3,6-8,10,15H,1-2,4-5H2,(H,17,19). The van der Waals surface area contributed by atoms with E-state index in [0.29, 0.717) is 22.0 Å². The fraction of sp³-hybridized carbons (Fsp3) is 0.385. The number of carbonyl (C=O) groups excluding carboxylic acids is 1. The van der Waals surface area contributed by atoms with Crippen molar-refractivity contribution >= 4 is 27.5 Å². The number of furan rings is 1. The van der Waals surface area contributed by atoms with Crippen LogP contribution in [0.3, 0.4) is 0 Å². The molecule has 7 heteroatoms. The van der Waals surface area contributed by atoms with Crippen molar-refractivity contribution in [3.8, 4) is 0 Å². The first-order valence-corrected chi connectivity index (χ1v) is 7.32. The lowest BCUT2D eigenvalue weighted by Crippen LogP contribution is -2.29. The number of hydrogen-bond acceptors (Lipinski definition) is 4. The van der Waals surface area contributed by atoms with Crippen molar-refractivity contribution in [1.29, 1.82) is 0 Å². The van der Waals surface area contributed by atoms with Crippen LogP contribution in [0.1, 0.15) is 29.2 Å². The number of rotatable bonds is 3. The Labute approximate surface area is 124 Å². The van der Waals surface area contributed by atoms with E-state index >= 15 is 0 Å². The van der Waals surface area contributed by atoms with Crippen LogP contribution in [-0.2, 0) is 0 Å². The molecule has 0 aliphatic carbocycles. The molecule has 0 bridgehead atoms. The van der Waals surface area contributed by atoms with E-state index in [1.54, 1.807) is 12.3 Å². The Kier molecular flexibility index (Phi) is 3.88. The van der Waals surface area contributed by atoms with Gasteiger partial charge in [0, 0.05) is 6.20 Å². The summed E-state index contributed by atoms with van der Waals surface area (Å²) in [5.74, 6) is -0.213. The van der Waals surface area contributed by atoms with E-state index in [-0.39, 0.29) is 5.91 Å². The molecule has 0 spiro atoms. The Bertz CT molecular complexity index is 601. The van der Waals surface area contributed by atoms with E-state index in [1.165, 1.54) is 6.26 Å². The zero-order valence-electron chi connectivity index (χ0n) is 10.8. The van der Waals surface area contributed by atoms with E-state index in [0.717, 1.165) is 25.9 Å². The molecule has 3 rings (SSSR count). The van der Waals surface area contributed by atoms with Crippen LogP contribution in [0.15, 0.2) is 33.8 Å². The third-order valence-corrected chi connectivity index (χ3v) is 4.02. The first kappa shape index (κ1) is 13.4. The van der Waals surface area contributed by atoms with Gasteiger partial charge in [-0.05, 0) is 47.9 Å². The number of nitrogens with zero attached hydrogens (tertiary/aromatic N) is 2. The summed E-state index contributed by atoms with van der Waals surface area (Å²) in [6.07, 6.45) is 7.14. The summed E-state index contributed by atoms with van der Waals surface area (Å²) in [5, 5.41) is 10.5. The molecule has 2 aromatic heterocycles. The van der Waals surface area contributed by atoms with Crippen molar-refractivity contribution in [2.24, 2.45) is 0 Å². The second-order valence-electron chi connectivity index (χ2n) is 4.75. The molecule has 2 N–H and O–H groups in total. The number of carbonyl (C=O) groups is 1. The Hall–Kier alpha value is -1.60. The summed E-state index contributed by atoms with van der Waals surface area (Å²) in [4.78, 5) is 12.0. The van der Waals surface area contributed by atoms with Gasteiger partial charge in [-0.25, -0.2) is 0 Å². The lowest BCUT2D eigenvalue weighted by molar-refractivity contribution is 0.102. The van der Waals surface area contributed by atoms with Gasteiger partial charge in [-0.15, -0.1) is 0 Å². The number of hydrogen-bond donors (Lipinski definition) is 2. The van der Waals surface area contributed by atoms with Crippen molar-refractivity contribution in [3.05, 3.63) is 35.0 Å². The summed E-state index contributed by atoms with van der Waals surface area (Å²) >= 11 is 3.19. The monoisotopic (exact) mass is 338 g/mol. The molecule has 1 amide bonds. The average Bonchev–Trinajstić information content (AvgIpc) is 3.09. The van der Waals surface area contributed by atoms with Gasteiger partial charge in [0.2, 0.25) is 0 Å². The molecule has 0 atom stereocenters. The van der Waals surface area contributed by atoms with Crippen LogP contribution in [0.4, 0.5) is 5.69 Å². The van der Waals surface area contributed by atoms with Gasteiger partial charge < -0.3 is 15.1 Å². The molecular formula is C13H15BrN4O2. The van der Waals surface area contributed by atoms with Gasteiger partial charge in [0.25, 0.3) is 5.91 Å². The maximum Gasteiger partial charge on any atom is 0.260 e. The Morgan fingerprint density at radius 3 is 3.00 bits per heavy atom. The average molecular weight is 339 g/mol. The van der Waals surface area contributed by atoms with Crippen LogP contribution in [-0.4, -0.2) is 28.8 Å². The summed E-state index contributed by atoms with van der Waals surface area (Å²) in [5.41, 5.74) is 1.17. The van der Waals surface area contributed by atoms with Gasteiger partial charge in [-0.2, -0.15) is 5.10 Å². The maximum atomic E-state index is 12.0. The molecule has 0 unspecified atom stereocenters. The van der Waals surface area contributed by atoms with E-state index in [9.17, 15) is 4.79 Å². The molecular weight excluding hydrogens is 324 g/mol. The highest BCUT2D eigenvalue weighted by Gasteiger charge is 2.17. The van der Waals surface area contributed by atoms with E-state index in [1.807, 2.05) is 10.9 Å². The van der Waals surface area contributed by atoms with Crippen LogP contribution >= 0.6 is 15.9 Å². The van der Waals surface area contributed by atoms with Crippen molar-refractivity contribution in [2.45, 2.75) is 18.9 Å².